The Morgan fingerprint density at radius 2 is 1.44 bits per heavy atom. The number of rotatable bonds is 5. The predicted octanol–water partition coefficient (Wildman–Crippen LogP) is 2.14. The molecule has 8 heteroatoms. The molecule has 0 heterocycles. The van der Waals surface area contributed by atoms with E-state index in [1.165, 1.54) is 34.5 Å². The minimum atomic E-state index is -0.811. The average Bonchev–Trinajstić information content (AvgIpc) is 2.64. The Balaban J connectivity index is 3.12. The lowest BCUT2D eigenvalue weighted by molar-refractivity contribution is 0.0556. The molecular weight excluding hydrogens is 332 g/mol. The monoisotopic (exact) mass is 350 g/mol. The Morgan fingerprint density at radius 3 is 1.92 bits per heavy atom. The molecule has 0 amide bonds. The quantitative estimate of drug-likeness (QED) is 0.819. The molecule has 0 unspecified atom stereocenters. The number of hydrogen-bond acceptors (Lipinski definition) is 8. The molecule has 0 aliphatic carbocycles. The van der Waals surface area contributed by atoms with Gasteiger partial charge in [-0.25, -0.2) is 9.59 Å². The minimum absolute atomic E-state index is 0.110. The number of ether oxygens (including phenoxy) is 5. The van der Waals surface area contributed by atoms with Crippen molar-refractivity contribution in [3.8, 4) is 23.0 Å². The smallest absolute Gasteiger partial charge is 0.339 e. The van der Waals surface area contributed by atoms with E-state index < -0.39 is 11.9 Å². The molecule has 134 valence electrons. The lowest BCUT2D eigenvalue weighted by atomic mass is 9.96. The number of esters is 2. The van der Waals surface area contributed by atoms with Crippen molar-refractivity contribution in [1.82, 2.24) is 0 Å². The lowest BCUT2D eigenvalue weighted by Crippen LogP contribution is -2.13. The van der Waals surface area contributed by atoms with Crippen LogP contribution in [0.3, 0.4) is 0 Å². The van der Waals surface area contributed by atoms with Crippen molar-refractivity contribution in [2.24, 2.45) is 0 Å². The van der Waals surface area contributed by atoms with Crippen LogP contribution >= 0.6 is 0 Å². The first-order valence-corrected chi connectivity index (χ1v) is 7.10. The number of hydrogen-bond donors (Lipinski definition) is 1. The van der Waals surface area contributed by atoms with Crippen LogP contribution in [0, 0.1) is 0 Å². The van der Waals surface area contributed by atoms with Crippen LogP contribution in [0.1, 0.15) is 20.7 Å². The molecular formula is C17H18O8. The molecule has 0 spiro atoms. The van der Waals surface area contributed by atoms with Gasteiger partial charge in [-0.05, 0) is 12.1 Å². The molecule has 8 nitrogen and oxygen atoms in total. The van der Waals surface area contributed by atoms with Crippen molar-refractivity contribution in [1.29, 1.82) is 0 Å². The molecule has 0 aromatic heterocycles. The molecule has 25 heavy (non-hydrogen) atoms. The van der Waals surface area contributed by atoms with E-state index in [0.717, 1.165) is 13.2 Å². The third-order valence-corrected chi connectivity index (χ3v) is 3.70. The fourth-order valence-corrected chi connectivity index (χ4v) is 2.61. The third kappa shape index (κ3) is 2.86. The summed E-state index contributed by atoms with van der Waals surface area (Å²) >= 11 is 0. The molecule has 0 radical (unpaired) electrons. The number of benzene rings is 2. The van der Waals surface area contributed by atoms with Crippen molar-refractivity contribution in [3.63, 3.8) is 0 Å². The van der Waals surface area contributed by atoms with Crippen LogP contribution in [0.25, 0.3) is 10.8 Å². The van der Waals surface area contributed by atoms with Crippen molar-refractivity contribution < 1.29 is 38.4 Å². The Kier molecular flexibility index (Phi) is 5.21. The summed E-state index contributed by atoms with van der Waals surface area (Å²) in [6.45, 7) is 0. The van der Waals surface area contributed by atoms with E-state index in [9.17, 15) is 14.7 Å². The standard InChI is InChI=1S/C17H18O8/c1-21-11-7-8-10(18)6-9(16(19)24-4)13(17(20)25-5)12(8)15(23-3)14(11)22-2/h6-7,18H,1-5H3. The fourth-order valence-electron chi connectivity index (χ4n) is 2.61. The normalized spacial score (nSPS) is 10.3. The van der Waals surface area contributed by atoms with Gasteiger partial charge in [0, 0.05) is 10.8 Å². The maximum Gasteiger partial charge on any atom is 0.339 e. The number of phenolic OH excluding ortho intramolecular Hbond substituents is 1. The van der Waals surface area contributed by atoms with Crippen molar-refractivity contribution in [2.45, 2.75) is 0 Å². The first kappa shape index (κ1) is 18.2. The van der Waals surface area contributed by atoms with E-state index in [4.69, 9.17) is 23.7 Å². The number of aromatic hydroxyl groups is 1. The van der Waals surface area contributed by atoms with Gasteiger partial charge in [-0.3, -0.25) is 0 Å². The SMILES string of the molecule is COC(=O)c1cc(O)c2cc(OC)c(OC)c(OC)c2c1C(=O)OC. The second-order valence-corrected chi connectivity index (χ2v) is 4.87. The number of methoxy groups -OCH3 is 5. The van der Waals surface area contributed by atoms with Gasteiger partial charge in [0.25, 0.3) is 0 Å². The number of carbonyl (C=O) groups is 2. The van der Waals surface area contributed by atoms with Gasteiger partial charge in [0.15, 0.2) is 11.5 Å². The van der Waals surface area contributed by atoms with Crippen LogP contribution in [0.4, 0.5) is 0 Å². The van der Waals surface area contributed by atoms with E-state index >= 15 is 0 Å². The second-order valence-electron chi connectivity index (χ2n) is 4.87. The summed E-state index contributed by atoms with van der Waals surface area (Å²) in [4.78, 5) is 24.5. The van der Waals surface area contributed by atoms with Crippen LogP contribution in [-0.4, -0.2) is 52.6 Å². The molecule has 0 bridgehead atoms. The van der Waals surface area contributed by atoms with Gasteiger partial charge in [0.1, 0.15) is 5.75 Å². The summed E-state index contributed by atoms with van der Waals surface area (Å²) in [5.41, 5.74) is -0.273. The fraction of sp³-hybridized carbons (Fsp3) is 0.294. The maximum atomic E-state index is 12.4. The van der Waals surface area contributed by atoms with Crippen molar-refractivity contribution in [2.75, 3.05) is 35.5 Å². The van der Waals surface area contributed by atoms with Gasteiger partial charge < -0.3 is 28.8 Å². The summed E-state index contributed by atoms with van der Waals surface area (Å²) in [6.07, 6.45) is 0. The first-order chi connectivity index (χ1) is 11.9. The van der Waals surface area contributed by atoms with Crippen molar-refractivity contribution in [3.05, 3.63) is 23.3 Å². The highest BCUT2D eigenvalue weighted by atomic mass is 16.5. The van der Waals surface area contributed by atoms with Crippen LogP contribution in [0.2, 0.25) is 0 Å². The number of phenols is 1. The summed E-state index contributed by atoms with van der Waals surface area (Å²) in [7, 11) is 6.52. The molecule has 0 atom stereocenters. The molecule has 0 fully saturated rings. The summed E-state index contributed by atoms with van der Waals surface area (Å²) < 4.78 is 25.4. The summed E-state index contributed by atoms with van der Waals surface area (Å²) in [6, 6.07) is 2.60. The van der Waals surface area contributed by atoms with E-state index in [2.05, 4.69) is 0 Å². The average molecular weight is 350 g/mol. The topological polar surface area (TPSA) is 101 Å². The minimum Gasteiger partial charge on any atom is -0.507 e. The molecule has 0 aliphatic heterocycles. The van der Waals surface area contributed by atoms with E-state index in [0.29, 0.717) is 0 Å². The highest BCUT2D eigenvalue weighted by Crippen LogP contribution is 2.48. The predicted molar refractivity (Wildman–Crippen MR) is 87.9 cm³/mol. The second kappa shape index (κ2) is 7.16. The van der Waals surface area contributed by atoms with Gasteiger partial charge in [0.05, 0.1) is 46.7 Å². The number of carbonyl (C=O) groups excluding carboxylic acids is 2. The summed E-state index contributed by atoms with van der Waals surface area (Å²) in [5, 5.41) is 10.7. The highest BCUT2D eigenvalue weighted by molar-refractivity contribution is 6.17. The first-order valence-electron chi connectivity index (χ1n) is 7.10. The van der Waals surface area contributed by atoms with Crippen LogP contribution < -0.4 is 14.2 Å². The maximum absolute atomic E-state index is 12.4. The van der Waals surface area contributed by atoms with Gasteiger partial charge >= 0.3 is 11.9 Å². The lowest BCUT2D eigenvalue weighted by Gasteiger charge is -2.18. The van der Waals surface area contributed by atoms with Gasteiger partial charge in [0.2, 0.25) is 5.75 Å². The molecule has 2 aromatic carbocycles. The zero-order valence-corrected chi connectivity index (χ0v) is 14.5. The van der Waals surface area contributed by atoms with Gasteiger partial charge in [-0.1, -0.05) is 0 Å². The van der Waals surface area contributed by atoms with Gasteiger partial charge in [-0.15, -0.1) is 0 Å². The molecule has 2 rings (SSSR count). The zero-order chi connectivity index (χ0) is 18.7. The molecule has 2 aromatic rings. The van der Waals surface area contributed by atoms with Crippen LogP contribution in [0.15, 0.2) is 12.1 Å². The van der Waals surface area contributed by atoms with E-state index in [1.807, 2.05) is 0 Å². The largest absolute Gasteiger partial charge is 0.507 e. The Labute approximate surface area is 143 Å². The van der Waals surface area contributed by atoms with E-state index in [1.54, 1.807) is 0 Å². The highest BCUT2D eigenvalue weighted by Gasteiger charge is 2.29. The molecule has 1 N–H and O–H groups in total. The van der Waals surface area contributed by atoms with Crippen LogP contribution in [-0.2, 0) is 9.47 Å². The third-order valence-electron chi connectivity index (χ3n) is 3.70. The zero-order valence-electron chi connectivity index (χ0n) is 14.5. The Morgan fingerprint density at radius 1 is 0.840 bits per heavy atom. The Bertz CT molecular complexity index is 841. The number of fused-ring (bicyclic) bond motifs is 1. The Hall–Kier alpha value is -3.16. The molecule has 0 saturated carbocycles. The van der Waals surface area contributed by atoms with E-state index in [-0.39, 0.29) is 44.9 Å². The molecule has 0 aliphatic rings. The molecule has 0 saturated heterocycles. The summed E-state index contributed by atoms with van der Waals surface area (Å²) in [5.74, 6) is -1.28. The van der Waals surface area contributed by atoms with Crippen LogP contribution in [0.5, 0.6) is 23.0 Å². The van der Waals surface area contributed by atoms with Crippen molar-refractivity contribution >= 4 is 22.7 Å². The van der Waals surface area contributed by atoms with Gasteiger partial charge in [-0.2, -0.15) is 0 Å².